The van der Waals surface area contributed by atoms with E-state index in [1.165, 1.54) is 12.3 Å². The molecule has 0 amide bonds. The number of hydrogen-bond acceptors (Lipinski definition) is 5. The summed E-state index contributed by atoms with van der Waals surface area (Å²) in [7, 11) is -1.78. The minimum atomic E-state index is -3.51. The molecule has 0 aliphatic carbocycles. The highest BCUT2D eigenvalue weighted by atomic mass is 32.2. The van der Waals surface area contributed by atoms with Crippen LogP contribution in [0, 0.1) is 6.92 Å². The van der Waals surface area contributed by atoms with Gasteiger partial charge in [-0.15, -0.1) is 11.3 Å². The van der Waals surface area contributed by atoms with Crippen molar-refractivity contribution in [3.05, 3.63) is 40.2 Å². The van der Waals surface area contributed by atoms with Gasteiger partial charge in [0.25, 0.3) is 0 Å². The monoisotopic (exact) mass is 297 g/mol. The zero-order valence-corrected chi connectivity index (χ0v) is 12.3. The quantitative estimate of drug-likeness (QED) is 0.885. The van der Waals surface area contributed by atoms with Crippen molar-refractivity contribution in [1.29, 1.82) is 0 Å². The van der Waals surface area contributed by atoms with Gasteiger partial charge in [-0.25, -0.2) is 18.1 Å². The van der Waals surface area contributed by atoms with Crippen LogP contribution in [-0.2, 0) is 16.6 Å². The summed E-state index contributed by atoms with van der Waals surface area (Å²) >= 11 is 1.58. The molecule has 0 spiro atoms. The van der Waals surface area contributed by atoms with Gasteiger partial charge in [0.2, 0.25) is 10.0 Å². The van der Waals surface area contributed by atoms with Crippen LogP contribution in [0.1, 0.15) is 9.75 Å². The molecule has 0 unspecified atom stereocenters. The molecule has 2 heterocycles. The Balaban J connectivity index is 2.09. The normalized spacial score (nSPS) is 11.5. The molecule has 2 N–H and O–H groups in total. The predicted molar refractivity (Wildman–Crippen MR) is 76.9 cm³/mol. The number of anilines is 1. The highest BCUT2D eigenvalue weighted by Gasteiger charge is 2.14. The maximum Gasteiger partial charge on any atom is 0.242 e. The van der Waals surface area contributed by atoms with Gasteiger partial charge in [-0.3, -0.25) is 0 Å². The van der Waals surface area contributed by atoms with E-state index >= 15 is 0 Å². The van der Waals surface area contributed by atoms with Gasteiger partial charge in [0.15, 0.2) is 0 Å². The lowest BCUT2D eigenvalue weighted by Gasteiger charge is -2.06. The van der Waals surface area contributed by atoms with Crippen molar-refractivity contribution in [2.24, 2.45) is 0 Å². The summed E-state index contributed by atoms with van der Waals surface area (Å²) in [6.07, 6.45) is 1.34. The molecule has 102 valence electrons. The maximum atomic E-state index is 12.0. The number of aromatic nitrogens is 1. The number of nitrogens with zero attached hydrogens (tertiary/aromatic N) is 1. The summed E-state index contributed by atoms with van der Waals surface area (Å²) < 4.78 is 26.7. The Morgan fingerprint density at radius 3 is 2.58 bits per heavy atom. The van der Waals surface area contributed by atoms with E-state index in [2.05, 4.69) is 15.0 Å². The SMILES string of the molecule is CNc1ccc(S(=O)(=O)NCc2ccc(C)s2)cn1. The first-order chi connectivity index (χ1) is 9.01. The smallest absolute Gasteiger partial charge is 0.242 e. The molecule has 0 bridgehead atoms. The average Bonchev–Trinajstić information content (AvgIpc) is 2.82. The van der Waals surface area contributed by atoms with Gasteiger partial charge >= 0.3 is 0 Å². The number of pyridine rings is 1. The van der Waals surface area contributed by atoms with Crippen molar-refractivity contribution >= 4 is 27.2 Å². The Morgan fingerprint density at radius 2 is 2.05 bits per heavy atom. The second-order valence-corrected chi connectivity index (χ2v) is 7.11. The number of hydrogen-bond donors (Lipinski definition) is 2. The van der Waals surface area contributed by atoms with Crippen molar-refractivity contribution in [2.45, 2.75) is 18.4 Å². The van der Waals surface area contributed by atoms with Crippen molar-refractivity contribution in [1.82, 2.24) is 9.71 Å². The Labute approximate surface area is 116 Å². The van der Waals surface area contributed by atoms with Crippen LogP contribution in [0.25, 0.3) is 0 Å². The van der Waals surface area contributed by atoms with Crippen molar-refractivity contribution in [3.8, 4) is 0 Å². The van der Waals surface area contributed by atoms with E-state index in [0.29, 0.717) is 12.4 Å². The van der Waals surface area contributed by atoms with E-state index in [1.807, 2.05) is 19.1 Å². The highest BCUT2D eigenvalue weighted by Crippen LogP contribution is 2.16. The van der Waals surface area contributed by atoms with Gasteiger partial charge in [0.1, 0.15) is 10.7 Å². The first kappa shape index (κ1) is 14.0. The van der Waals surface area contributed by atoms with Crippen molar-refractivity contribution in [3.63, 3.8) is 0 Å². The molecule has 0 aliphatic heterocycles. The summed E-state index contributed by atoms with van der Waals surface area (Å²) in [6, 6.07) is 7.05. The maximum absolute atomic E-state index is 12.0. The van der Waals surface area contributed by atoms with Crippen LogP contribution in [0.3, 0.4) is 0 Å². The average molecular weight is 297 g/mol. The number of nitrogens with one attached hydrogen (secondary N) is 2. The van der Waals surface area contributed by atoms with Crippen LogP contribution in [0.5, 0.6) is 0 Å². The predicted octanol–water partition coefficient (Wildman–Crippen LogP) is 1.97. The lowest BCUT2D eigenvalue weighted by molar-refractivity contribution is 0.581. The summed E-state index contributed by atoms with van der Waals surface area (Å²) in [5.74, 6) is 0.632. The molecule has 2 aromatic heterocycles. The molecule has 0 aromatic carbocycles. The van der Waals surface area contributed by atoms with Crippen LogP contribution in [-0.4, -0.2) is 20.4 Å². The zero-order valence-electron chi connectivity index (χ0n) is 10.7. The molecule has 0 saturated carbocycles. The Kier molecular flexibility index (Phi) is 4.18. The number of sulfonamides is 1. The highest BCUT2D eigenvalue weighted by molar-refractivity contribution is 7.89. The molecule has 2 aromatic rings. The molecule has 5 nitrogen and oxygen atoms in total. The molecule has 7 heteroatoms. The summed E-state index contributed by atoms with van der Waals surface area (Å²) in [4.78, 5) is 6.31. The minimum absolute atomic E-state index is 0.166. The van der Waals surface area contributed by atoms with E-state index in [9.17, 15) is 8.42 Å². The van der Waals surface area contributed by atoms with Crippen LogP contribution in [0.2, 0.25) is 0 Å². The molecular weight excluding hydrogens is 282 g/mol. The molecule has 0 radical (unpaired) electrons. The van der Waals surface area contributed by atoms with Crippen LogP contribution >= 0.6 is 11.3 Å². The second kappa shape index (κ2) is 5.68. The Bertz CT molecular complexity index is 648. The third-order valence-corrected chi connectivity index (χ3v) is 4.92. The van der Waals surface area contributed by atoms with Crippen molar-refractivity contribution < 1.29 is 8.42 Å². The molecule has 0 aliphatic rings. The van der Waals surface area contributed by atoms with E-state index in [0.717, 1.165) is 9.75 Å². The van der Waals surface area contributed by atoms with Gasteiger partial charge in [0, 0.05) is 29.5 Å². The fraction of sp³-hybridized carbons (Fsp3) is 0.250. The lowest BCUT2D eigenvalue weighted by atomic mass is 10.4. The Hall–Kier alpha value is -1.44. The van der Waals surface area contributed by atoms with Gasteiger partial charge in [0.05, 0.1) is 0 Å². The topological polar surface area (TPSA) is 71.1 Å². The van der Waals surface area contributed by atoms with E-state index < -0.39 is 10.0 Å². The summed E-state index contributed by atoms with van der Waals surface area (Å²) in [5, 5.41) is 2.84. The lowest BCUT2D eigenvalue weighted by Crippen LogP contribution is -2.22. The second-order valence-electron chi connectivity index (χ2n) is 3.97. The molecule has 0 fully saturated rings. The Morgan fingerprint density at radius 1 is 1.26 bits per heavy atom. The molecule has 19 heavy (non-hydrogen) atoms. The van der Waals surface area contributed by atoms with Crippen LogP contribution in [0.4, 0.5) is 5.82 Å². The third-order valence-electron chi connectivity index (χ3n) is 2.54. The van der Waals surface area contributed by atoms with E-state index in [-0.39, 0.29) is 4.90 Å². The minimum Gasteiger partial charge on any atom is -0.373 e. The zero-order chi connectivity index (χ0) is 13.9. The van der Waals surface area contributed by atoms with Gasteiger partial charge < -0.3 is 5.32 Å². The molecule has 2 rings (SSSR count). The van der Waals surface area contributed by atoms with E-state index in [4.69, 9.17) is 0 Å². The molecular formula is C12H15N3O2S2. The van der Waals surface area contributed by atoms with Crippen LogP contribution in [0.15, 0.2) is 35.4 Å². The fourth-order valence-corrected chi connectivity index (χ4v) is 3.39. The van der Waals surface area contributed by atoms with Crippen molar-refractivity contribution in [2.75, 3.05) is 12.4 Å². The number of thiophene rings is 1. The van der Waals surface area contributed by atoms with Gasteiger partial charge in [-0.2, -0.15) is 0 Å². The molecule has 0 atom stereocenters. The first-order valence-corrected chi connectivity index (χ1v) is 8.00. The summed E-state index contributed by atoms with van der Waals surface area (Å²) in [6.45, 7) is 2.29. The largest absolute Gasteiger partial charge is 0.373 e. The standard InChI is InChI=1S/C12H15N3O2S2/c1-9-3-4-10(18-9)7-15-19(16,17)11-5-6-12(13-2)14-8-11/h3-6,8,15H,7H2,1-2H3,(H,13,14). The first-order valence-electron chi connectivity index (χ1n) is 5.70. The number of rotatable bonds is 5. The molecule has 0 saturated heterocycles. The van der Waals surface area contributed by atoms with Gasteiger partial charge in [-0.05, 0) is 31.2 Å². The fourth-order valence-electron chi connectivity index (χ4n) is 1.52. The third kappa shape index (κ3) is 3.52. The van der Waals surface area contributed by atoms with Gasteiger partial charge in [-0.1, -0.05) is 0 Å². The summed E-state index contributed by atoms with van der Waals surface area (Å²) in [5.41, 5.74) is 0. The van der Waals surface area contributed by atoms with E-state index in [1.54, 1.807) is 24.5 Å². The van der Waals surface area contributed by atoms with Crippen LogP contribution < -0.4 is 10.0 Å². The number of aryl methyl sites for hydroxylation is 1.